The molecule has 1 aliphatic rings. The summed E-state index contributed by atoms with van der Waals surface area (Å²) >= 11 is 0. The number of hydrogen-bond donors (Lipinski definition) is 0. The molecule has 0 aromatic heterocycles. The number of ether oxygens (including phenoxy) is 7. The SMILES string of the molecule is CCCCCCCCCCCCCCCCCCN(CCCCCCCCCCCCCCCO[C@H]1O[C@H](COC(C)=O)[C@@H](OC(C)=O)[C@H](OC(C)=O)[C@@H]1OC(C)=O)C(=O)OCc1ccccc1. The summed E-state index contributed by atoms with van der Waals surface area (Å²) in [5.41, 5.74) is 1.01. The smallest absolute Gasteiger partial charge is 0.410 e. The number of unbranched alkanes of at least 4 members (excludes halogenated alkanes) is 27. The number of benzene rings is 1. The van der Waals surface area contributed by atoms with Crippen molar-refractivity contribution in [1.29, 1.82) is 0 Å². The average Bonchev–Trinajstić information content (AvgIpc) is 3.30. The highest BCUT2D eigenvalue weighted by Crippen LogP contribution is 2.30. The zero-order valence-corrected chi connectivity index (χ0v) is 43.2. The summed E-state index contributed by atoms with van der Waals surface area (Å²) in [6.45, 7) is 8.96. The molecule has 1 heterocycles. The van der Waals surface area contributed by atoms with Gasteiger partial charge in [-0.05, 0) is 24.8 Å². The summed E-state index contributed by atoms with van der Waals surface area (Å²) in [6, 6.07) is 9.92. The molecule has 1 saturated heterocycles. The standard InChI is InChI=1S/C55H93NO12/c1-6-7-8-9-10-11-12-13-14-15-17-20-23-26-29-35-40-56(55(61)64-43-49-38-33-32-34-39-49)41-36-30-27-24-21-18-16-19-22-25-28-31-37-42-62-54-53(67-48(5)60)52(66-47(4)59)51(65-46(3)58)50(68-54)44-63-45(2)57/h32-34,38-39,50-54H,6-31,35-37,40-44H2,1-5H3/t50-,51-,52+,53+,54+/m1/s1. The summed E-state index contributed by atoms with van der Waals surface area (Å²) in [7, 11) is 0. The van der Waals surface area contributed by atoms with E-state index < -0.39 is 54.6 Å². The van der Waals surface area contributed by atoms with Gasteiger partial charge in [-0.25, -0.2) is 4.79 Å². The number of amides is 1. The summed E-state index contributed by atoms with van der Waals surface area (Å²) < 4.78 is 39.3. The molecule has 390 valence electrons. The van der Waals surface area contributed by atoms with Crippen molar-refractivity contribution in [2.24, 2.45) is 0 Å². The van der Waals surface area contributed by atoms with Crippen molar-refractivity contribution in [2.45, 2.75) is 258 Å². The molecule has 1 aromatic carbocycles. The van der Waals surface area contributed by atoms with E-state index in [1.807, 2.05) is 35.2 Å². The Kier molecular flexibility index (Phi) is 35.6. The van der Waals surface area contributed by atoms with Crippen LogP contribution in [0.4, 0.5) is 4.79 Å². The molecular weight excluding hydrogens is 867 g/mol. The molecule has 2 rings (SSSR count). The second-order valence-corrected chi connectivity index (χ2v) is 18.9. The van der Waals surface area contributed by atoms with Crippen LogP contribution in [-0.2, 0) is 58.9 Å². The van der Waals surface area contributed by atoms with Crippen LogP contribution in [0.2, 0.25) is 0 Å². The first-order chi connectivity index (χ1) is 33.0. The van der Waals surface area contributed by atoms with Crippen molar-refractivity contribution in [3.8, 4) is 0 Å². The molecule has 0 aliphatic carbocycles. The van der Waals surface area contributed by atoms with Crippen LogP contribution in [0.1, 0.15) is 226 Å². The van der Waals surface area contributed by atoms with Gasteiger partial charge in [0.05, 0.1) is 0 Å². The number of esters is 4. The van der Waals surface area contributed by atoms with Gasteiger partial charge in [-0.15, -0.1) is 0 Å². The Bertz CT molecular complexity index is 1460. The summed E-state index contributed by atoms with van der Waals surface area (Å²) in [6.07, 6.45) is 29.9. The van der Waals surface area contributed by atoms with E-state index in [9.17, 15) is 24.0 Å². The van der Waals surface area contributed by atoms with E-state index in [2.05, 4.69) is 6.92 Å². The normalized spacial score (nSPS) is 17.9. The third-order valence-corrected chi connectivity index (χ3v) is 12.5. The van der Waals surface area contributed by atoms with E-state index in [-0.39, 0.29) is 12.7 Å². The molecular formula is C55H93NO12. The van der Waals surface area contributed by atoms with Gasteiger partial charge in [0.25, 0.3) is 0 Å². The maximum absolute atomic E-state index is 13.1. The average molecular weight is 960 g/mol. The second kappa shape index (κ2) is 40.1. The topological polar surface area (TPSA) is 153 Å². The van der Waals surface area contributed by atoms with Crippen molar-refractivity contribution >= 4 is 30.0 Å². The number of carbonyl (C=O) groups is 5. The Hall–Kier alpha value is -3.71. The molecule has 68 heavy (non-hydrogen) atoms. The molecule has 0 unspecified atom stereocenters. The fraction of sp³-hybridized carbons (Fsp3) is 0.800. The summed E-state index contributed by atoms with van der Waals surface area (Å²) in [5.74, 6) is -2.58. The molecule has 13 nitrogen and oxygen atoms in total. The maximum Gasteiger partial charge on any atom is 0.410 e. The van der Waals surface area contributed by atoms with Gasteiger partial charge in [-0.1, -0.05) is 204 Å². The molecule has 13 heteroatoms. The van der Waals surface area contributed by atoms with Gasteiger partial charge in [0.15, 0.2) is 24.6 Å². The Morgan fingerprint density at radius 1 is 0.471 bits per heavy atom. The predicted molar refractivity (Wildman–Crippen MR) is 266 cm³/mol. The van der Waals surface area contributed by atoms with Crippen LogP contribution in [0.5, 0.6) is 0 Å². The van der Waals surface area contributed by atoms with Crippen LogP contribution in [0.15, 0.2) is 30.3 Å². The quantitative estimate of drug-likeness (QED) is 0.0349. The Balaban J connectivity index is 1.59. The Morgan fingerprint density at radius 3 is 1.29 bits per heavy atom. The third-order valence-electron chi connectivity index (χ3n) is 12.5. The molecule has 1 aliphatic heterocycles. The van der Waals surface area contributed by atoms with Gasteiger partial charge in [-0.3, -0.25) is 19.2 Å². The van der Waals surface area contributed by atoms with Crippen LogP contribution in [0, 0.1) is 0 Å². The lowest BCUT2D eigenvalue weighted by atomic mass is 9.98. The monoisotopic (exact) mass is 960 g/mol. The highest BCUT2D eigenvalue weighted by atomic mass is 16.7. The van der Waals surface area contributed by atoms with E-state index >= 15 is 0 Å². The van der Waals surface area contributed by atoms with Crippen molar-refractivity contribution in [2.75, 3.05) is 26.3 Å². The van der Waals surface area contributed by atoms with Crippen molar-refractivity contribution < 1.29 is 57.1 Å². The van der Waals surface area contributed by atoms with Crippen LogP contribution >= 0.6 is 0 Å². The van der Waals surface area contributed by atoms with Gasteiger partial charge in [0, 0.05) is 47.4 Å². The van der Waals surface area contributed by atoms with Gasteiger partial charge in [0.2, 0.25) is 0 Å². The van der Waals surface area contributed by atoms with Gasteiger partial charge in [-0.2, -0.15) is 0 Å². The predicted octanol–water partition coefficient (Wildman–Crippen LogP) is 13.1. The van der Waals surface area contributed by atoms with Gasteiger partial charge in [0.1, 0.15) is 19.3 Å². The van der Waals surface area contributed by atoms with E-state index in [4.69, 9.17) is 33.2 Å². The third kappa shape index (κ3) is 30.7. The zero-order chi connectivity index (χ0) is 49.5. The molecule has 0 radical (unpaired) electrons. The van der Waals surface area contributed by atoms with E-state index in [1.54, 1.807) is 0 Å². The first-order valence-electron chi connectivity index (χ1n) is 26.9. The minimum Gasteiger partial charge on any atom is -0.463 e. The first kappa shape index (κ1) is 60.4. The molecule has 5 atom stereocenters. The lowest BCUT2D eigenvalue weighted by Crippen LogP contribution is -2.63. The van der Waals surface area contributed by atoms with Crippen LogP contribution in [-0.4, -0.2) is 91.9 Å². The molecule has 0 saturated carbocycles. The van der Waals surface area contributed by atoms with Gasteiger partial charge < -0.3 is 38.1 Å². The molecule has 1 aromatic rings. The first-order valence-corrected chi connectivity index (χ1v) is 26.9. The maximum atomic E-state index is 13.1. The van der Waals surface area contributed by atoms with Crippen molar-refractivity contribution in [3.63, 3.8) is 0 Å². The molecule has 1 amide bonds. The highest BCUT2D eigenvalue weighted by molar-refractivity contribution is 5.69. The van der Waals surface area contributed by atoms with Crippen LogP contribution in [0.3, 0.4) is 0 Å². The van der Waals surface area contributed by atoms with Crippen LogP contribution in [0.25, 0.3) is 0 Å². The van der Waals surface area contributed by atoms with E-state index in [0.717, 1.165) is 63.6 Å². The lowest BCUT2D eigenvalue weighted by Gasteiger charge is -2.44. The second-order valence-electron chi connectivity index (χ2n) is 18.9. The van der Waals surface area contributed by atoms with E-state index in [0.29, 0.717) is 13.2 Å². The number of nitrogens with zero attached hydrogens (tertiary/aromatic N) is 1. The highest BCUT2D eigenvalue weighted by Gasteiger charge is 2.52. The Morgan fingerprint density at radius 2 is 0.868 bits per heavy atom. The van der Waals surface area contributed by atoms with E-state index in [1.165, 1.54) is 169 Å². The number of rotatable bonds is 41. The minimum atomic E-state index is -1.23. The number of carbonyl (C=O) groups excluding carboxylic acids is 5. The lowest BCUT2D eigenvalue weighted by molar-refractivity contribution is -0.308. The minimum absolute atomic E-state index is 0.189. The fourth-order valence-electron chi connectivity index (χ4n) is 8.83. The van der Waals surface area contributed by atoms with Crippen LogP contribution < -0.4 is 0 Å². The zero-order valence-electron chi connectivity index (χ0n) is 43.2. The molecule has 0 spiro atoms. The van der Waals surface area contributed by atoms with Crippen molar-refractivity contribution in [3.05, 3.63) is 35.9 Å². The molecule has 0 N–H and O–H groups in total. The number of hydrogen-bond acceptors (Lipinski definition) is 12. The fourth-order valence-corrected chi connectivity index (χ4v) is 8.83. The molecule has 1 fully saturated rings. The van der Waals surface area contributed by atoms with Crippen molar-refractivity contribution in [1.82, 2.24) is 4.90 Å². The van der Waals surface area contributed by atoms with Gasteiger partial charge >= 0.3 is 30.0 Å². The molecule has 0 bridgehead atoms. The summed E-state index contributed by atoms with van der Waals surface area (Å²) in [5, 5.41) is 0. The largest absolute Gasteiger partial charge is 0.463 e. The summed E-state index contributed by atoms with van der Waals surface area (Å²) in [4.78, 5) is 62.7. The Labute approximate surface area is 411 Å².